The van der Waals surface area contributed by atoms with Crippen molar-refractivity contribution in [2.45, 2.75) is 6.42 Å². The van der Waals surface area contributed by atoms with Gasteiger partial charge in [-0.15, -0.1) is 10.2 Å². The summed E-state index contributed by atoms with van der Waals surface area (Å²) in [5.74, 6) is -0.227. The van der Waals surface area contributed by atoms with Crippen LogP contribution in [0, 0.1) is 0 Å². The summed E-state index contributed by atoms with van der Waals surface area (Å²) in [5, 5.41) is 11.9. The molecule has 0 fully saturated rings. The number of nitrogens with zero attached hydrogens (tertiary/aromatic N) is 2. The SMILES string of the molecule is COCCc1nnc(NC(=O)c2ccc(N)cc2)s1. The number of carbonyl (C=O) groups is 1. The van der Waals surface area contributed by atoms with Gasteiger partial charge in [0.2, 0.25) is 5.13 Å². The van der Waals surface area contributed by atoms with Crippen molar-refractivity contribution in [2.75, 3.05) is 24.8 Å². The summed E-state index contributed by atoms with van der Waals surface area (Å²) in [6.07, 6.45) is 0.686. The Morgan fingerprint density at radius 1 is 1.37 bits per heavy atom. The van der Waals surface area contributed by atoms with Crippen molar-refractivity contribution in [3.8, 4) is 0 Å². The van der Waals surface area contributed by atoms with Gasteiger partial charge in [-0.2, -0.15) is 0 Å². The third kappa shape index (κ3) is 3.73. The Labute approximate surface area is 114 Å². The highest BCUT2D eigenvalue weighted by Crippen LogP contribution is 2.17. The number of nitrogens with two attached hydrogens (primary N) is 1. The number of amides is 1. The summed E-state index contributed by atoms with van der Waals surface area (Å²) >= 11 is 1.34. The Kier molecular flexibility index (Phi) is 4.43. The molecule has 2 aromatic rings. The molecule has 7 heteroatoms. The fraction of sp³-hybridized carbons (Fsp3) is 0.250. The van der Waals surface area contributed by atoms with Crippen LogP contribution >= 0.6 is 11.3 Å². The molecule has 0 saturated carbocycles. The van der Waals surface area contributed by atoms with E-state index in [1.165, 1.54) is 11.3 Å². The van der Waals surface area contributed by atoms with Crippen LogP contribution in [0.5, 0.6) is 0 Å². The molecule has 1 aromatic carbocycles. The molecule has 3 N–H and O–H groups in total. The largest absolute Gasteiger partial charge is 0.399 e. The van der Waals surface area contributed by atoms with E-state index in [4.69, 9.17) is 10.5 Å². The molecule has 0 saturated heterocycles. The zero-order valence-electron chi connectivity index (χ0n) is 10.4. The van der Waals surface area contributed by atoms with Crippen LogP contribution in [-0.2, 0) is 11.2 Å². The van der Waals surface area contributed by atoms with Crippen LogP contribution in [0.2, 0.25) is 0 Å². The number of methoxy groups -OCH3 is 1. The second-order valence-corrected chi connectivity index (χ2v) is 4.88. The van der Waals surface area contributed by atoms with Crippen LogP contribution in [0.4, 0.5) is 10.8 Å². The quantitative estimate of drug-likeness (QED) is 0.810. The first-order chi connectivity index (χ1) is 9.19. The van der Waals surface area contributed by atoms with Gasteiger partial charge in [0.25, 0.3) is 5.91 Å². The van der Waals surface area contributed by atoms with Crippen molar-refractivity contribution in [1.82, 2.24) is 10.2 Å². The Morgan fingerprint density at radius 2 is 2.11 bits per heavy atom. The third-order valence-corrected chi connectivity index (χ3v) is 3.28. The van der Waals surface area contributed by atoms with Gasteiger partial charge in [0, 0.05) is 24.8 Å². The number of carbonyl (C=O) groups excluding carboxylic acids is 1. The van der Waals surface area contributed by atoms with E-state index in [9.17, 15) is 4.79 Å². The summed E-state index contributed by atoms with van der Waals surface area (Å²) < 4.78 is 4.96. The Bertz CT molecular complexity index is 553. The van der Waals surface area contributed by atoms with Gasteiger partial charge >= 0.3 is 0 Å². The first-order valence-electron chi connectivity index (χ1n) is 5.67. The van der Waals surface area contributed by atoms with Crippen molar-refractivity contribution in [3.05, 3.63) is 34.8 Å². The van der Waals surface area contributed by atoms with Gasteiger partial charge in [0.1, 0.15) is 5.01 Å². The van der Waals surface area contributed by atoms with Gasteiger partial charge < -0.3 is 10.5 Å². The van der Waals surface area contributed by atoms with Crippen molar-refractivity contribution in [1.29, 1.82) is 0 Å². The predicted molar refractivity (Wildman–Crippen MR) is 74.3 cm³/mol. The zero-order chi connectivity index (χ0) is 13.7. The molecule has 100 valence electrons. The molecule has 2 rings (SSSR count). The number of anilines is 2. The molecule has 0 radical (unpaired) electrons. The van der Waals surface area contributed by atoms with Gasteiger partial charge in [-0.1, -0.05) is 11.3 Å². The lowest BCUT2D eigenvalue weighted by Gasteiger charge is -2.01. The number of ether oxygens (including phenoxy) is 1. The highest BCUT2D eigenvalue weighted by Gasteiger charge is 2.09. The van der Waals surface area contributed by atoms with Crippen LogP contribution < -0.4 is 11.1 Å². The van der Waals surface area contributed by atoms with E-state index in [0.717, 1.165) is 5.01 Å². The molecule has 6 nitrogen and oxygen atoms in total. The van der Waals surface area contributed by atoms with Crippen molar-refractivity contribution in [3.63, 3.8) is 0 Å². The summed E-state index contributed by atoms with van der Waals surface area (Å²) in [7, 11) is 1.63. The third-order valence-electron chi connectivity index (χ3n) is 2.38. The molecule has 0 unspecified atom stereocenters. The molecular formula is C12H14N4O2S. The summed E-state index contributed by atoms with van der Waals surface area (Å²) in [6, 6.07) is 6.69. The Morgan fingerprint density at radius 3 is 2.79 bits per heavy atom. The number of nitrogens with one attached hydrogen (secondary N) is 1. The van der Waals surface area contributed by atoms with Crippen molar-refractivity contribution < 1.29 is 9.53 Å². The average Bonchev–Trinajstić information content (AvgIpc) is 2.84. The monoisotopic (exact) mass is 278 g/mol. The van der Waals surface area contributed by atoms with Crippen LogP contribution in [0.1, 0.15) is 15.4 Å². The second kappa shape index (κ2) is 6.26. The molecule has 0 aliphatic rings. The minimum Gasteiger partial charge on any atom is -0.399 e. The molecular weight excluding hydrogens is 264 g/mol. The normalized spacial score (nSPS) is 10.4. The second-order valence-electron chi connectivity index (χ2n) is 3.82. The van der Waals surface area contributed by atoms with Crippen molar-refractivity contribution >= 4 is 28.1 Å². The average molecular weight is 278 g/mol. The number of aromatic nitrogens is 2. The van der Waals surface area contributed by atoms with Crippen LogP contribution in [0.3, 0.4) is 0 Å². The van der Waals surface area contributed by atoms with E-state index in [0.29, 0.717) is 29.4 Å². The lowest BCUT2D eigenvalue weighted by Crippen LogP contribution is -2.11. The number of benzene rings is 1. The van der Waals surface area contributed by atoms with E-state index in [2.05, 4.69) is 15.5 Å². The Hall–Kier alpha value is -1.99. The van der Waals surface area contributed by atoms with Crippen LogP contribution in [0.15, 0.2) is 24.3 Å². The molecule has 0 aliphatic carbocycles. The first-order valence-corrected chi connectivity index (χ1v) is 6.49. The first kappa shape index (κ1) is 13.4. The summed E-state index contributed by atoms with van der Waals surface area (Å²) in [4.78, 5) is 11.9. The maximum absolute atomic E-state index is 11.9. The predicted octanol–water partition coefficient (Wildman–Crippen LogP) is 1.56. The molecule has 0 atom stereocenters. The molecule has 1 aromatic heterocycles. The number of nitrogen functional groups attached to an aromatic ring is 1. The molecule has 0 aliphatic heterocycles. The highest BCUT2D eigenvalue weighted by atomic mass is 32.1. The maximum atomic E-state index is 11.9. The van der Waals surface area contributed by atoms with E-state index in [1.54, 1.807) is 31.4 Å². The van der Waals surface area contributed by atoms with Crippen molar-refractivity contribution in [2.24, 2.45) is 0 Å². The van der Waals surface area contributed by atoms with Crippen LogP contribution in [0.25, 0.3) is 0 Å². The smallest absolute Gasteiger partial charge is 0.257 e. The lowest BCUT2D eigenvalue weighted by atomic mass is 10.2. The number of hydrogen-bond acceptors (Lipinski definition) is 6. The van der Waals surface area contributed by atoms with Gasteiger partial charge in [-0.3, -0.25) is 10.1 Å². The van der Waals surface area contributed by atoms with E-state index in [-0.39, 0.29) is 5.91 Å². The molecule has 1 amide bonds. The molecule has 0 spiro atoms. The fourth-order valence-electron chi connectivity index (χ4n) is 1.40. The van der Waals surface area contributed by atoms with Gasteiger partial charge in [0.05, 0.1) is 6.61 Å². The van der Waals surface area contributed by atoms with Gasteiger partial charge in [0.15, 0.2) is 0 Å². The van der Waals surface area contributed by atoms with Crippen LogP contribution in [-0.4, -0.2) is 29.8 Å². The molecule has 1 heterocycles. The van der Waals surface area contributed by atoms with Gasteiger partial charge in [-0.25, -0.2) is 0 Å². The maximum Gasteiger partial charge on any atom is 0.257 e. The number of hydrogen-bond donors (Lipinski definition) is 2. The highest BCUT2D eigenvalue weighted by molar-refractivity contribution is 7.15. The lowest BCUT2D eigenvalue weighted by molar-refractivity contribution is 0.102. The van der Waals surface area contributed by atoms with E-state index >= 15 is 0 Å². The minimum absolute atomic E-state index is 0.227. The minimum atomic E-state index is -0.227. The zero-order valence-corrected chi connectivity index (χ0v) is 11.2. The van der Waals surface area contributed by atoms with Gasteiger partial charge in [-0.05, 0) is 24.3 Å². The topological polar surface area (TPSA) is 90.1 Å². The summed E-state index contributed by atoms with van der Waals surface area (Å²) in [6.45, 7) is 0.584. The Balaban J connectivity index is 1.98. The molecule has 19 heavy (non-hydrogen) atoms. The fourth-order valence-corrected chi connectivity index (χ4v) is 2.11. The molecule has 0 bridgehead atoms. The standard InChI is InChI=1S/C12H14N4O2S/c1-18-7-6-10-15-16-12(19-10)14-11(17)8-2-4-9(13)5-3-8/h2-5H,6-7,13H2,1H3,(H,14,16,17). The van der Waals surface area contributed by atoms with E-state index < -0.39 is 0 Å². The summed E-state index contributed by atoms with van der Waals surface area (Å²) in [5.41, 5.74) is 6.72. The van der Waals surface area contributed by atoms with E-state index in [1.807, 2.05) is 0 Å². The number of rotatable bonds is 5.